The van der Waals surface area contributed by atoms with Gasteiger partial charge in [0.15, 0.2) is 5.96 Å². The summed E-state index contributed by atoms with van der Waals surface area (Å²) in [7, 11) is 3.19. The van der Waals surface area contributed by atoms with Crippen LogP contribution < -0.4 is 21.3 Å². The lowest BCUT2D eigenvalue weighted by Crippen LogP contribution is -2.42. The molecule has 0 unspecified atom stereocenters. The van der Waals surface area contributed by atoms with E-state index in [-0.39, 0.29) is 42.0 Å². The summed E-state index contributed by atoms with van der Waals surface area (Å²) in [6, 6.07) is 11.4. The van der Waals surface area contributed by atoms with Crippen LogP contribution in [0.15, 0.2) is 53.5 Å². The minimum atomic E-state index is -4.44. The highest BCUT2D eigenvalue weighted by Crippen LogP contribution is 2.29. The van der Waals surface area contributed by atoms with Gasteiger partial charge in [0.2, 0.25) is 0 Å². The first kappa shape index (κ1) is 28.2. The number of carbonyl (C=O) groups is 2. The normalized spacial score (nSPS) is 11.2. The molecule has 33 heavy (non-hydrogen) atoms. The summed E-state index contributed by atoms with van der Waals surface area (Å²) in [5, 5.41) is 11.4. The van der Waals surface area contributed by atoms with Crippen molar-refractivity contribution in [2.24, 2.45) is 4.99 Å². The second-order valence-electron chi connectivity index (χ2n) is 6.79. The van der Waals surface area contributed by atoms with E-state index in [1.807, 2.05) is 18.2 Å². The van der Waals surface area contributed by atoms with Crippen molar-refractivity contribution in [3.8, 4) is 0 Å². The molecule has 2 amide bonds. The molecule has 0 aliphatic rings. The molecule has 0 atom stereocenters. The number of hydrogen-bond acceptors (Lipinski definition) is 3. The van der Waals surface area contributed by atoms with Gasteiger partial charge >= 0.3 is 6.18 Å². The average molecular weight is 577 g/mol. The van der Waals surface area contributed by atoms with Gasteiger partial charge in [0, 0.05) is 44.9 Å². The van der Waals surface area contributed by atoms with E-state index in [0.29, 0.717) is 31.0 Å². The highest BCUT2D eigenvalue weighted by Gasteiger charge is 2.30. The maximum absolute atomic E-state index is 12.6. The van der Waals surface area contributed by atoms with Gasteiger partial charge in [-0.15, -0.1) is 24.0 Å². The monoisotopic (exact) mass is 577 g/mol. The standard InChI is InChI=1S/C22H26F3N5O2.HI/c1-26-19(31)17-5-3-4-15(14-17)10-11-29-21(27-2)30-13-12-28-20(32)16-6-8-18(9-7-16)22(23,24)25;/h3-9,14H,10-13H2,1-2H3,(H,26,31)(H,28,32)(H2,27,29,30);1H. The van der Waals surface area contributed by atoms with Crippen LogP contribution in [0.25, 0.3) is 0 Å². The van der Waals surface area contributed by atoms with E-state index >= 15 is 0 Å². The first-order valence-corrected chi connectivity index (χ1v) is 9.95. The summed E-state index contributed by atoms with van der Waals surface area (Å²) < 4.78 is 37.8. The number of hydrogen-bond donors (Lipinski definition) is 4. The van der Waals surface area contributed by atoms with Gasteiger partial charge in [-0.1, -0.05) is 12.1 Å². The zero-order valence-electron chi connectivity index (χ0n) is 18.3. The van der Waals surface area contributed by atoms with Gasteiger partial charge < -0.3 is 21.3 Å². The van der Waals surface area contributed by atoms with E-state index in [9.17, 15) is 22.8 Å². The molecular weight excluding hydrogens is 550 g/mol. The second kappa shape index (κ2) is 13.7. The third-order valence-electron chi connectivity index (χ3n) is 4.52. The first-order valence-electron chi connectivity index (χ1n) is 9.95. The maximum Gasteiger partial charge on any atom is 0.416 e. The zero-order valence-corrected chi connectivity index (χ0v) is 20.6. The number of benzene rings is 2. The topological polar surface area (TPSA) is 94.6 Å². The Bertz CT molecular complexity index is 950. The van der Waals surface area contributed by atoms with Crippen molar-refractivity contribution in [1.82, 2.24) is 21.3 Å². The molecule has 7 nitrogen and oxygen atoms in total. The zero-order chi connectivity index (χ0) is 23.6. The summed E-state index contributed by atoms with van der Waals surface area (Å²) in [4.78, 5) is 27.9. The van der Waals surface area contributed by atoms with Gasteiger partial charge in [0.1, 0.15) is 0 Å². The van der Waals surface area contributed by atoms with Gasteiger partial charge in [-0.25, -0.2) is 0 Å². The Morgan fingerprint density at radius 2 is 1.52 bits per heavy atom. The number of amides is 2. The van der Waals surface area contributed by atoms with Crippen LogP contribution in [0.1, 0.15) is 31.8 Å². The molecule has 0 aromatic heterocycles. The molecule has 11 heteroatoms. The molecule has 0 radical (unpaired) electrons. The Hall–Kier alpha value is -2.83. The Balaban J connectivity index is 0.00000544. The number of halogens is 4. The Morgan fingerprint density at radius 1 is 0.879 bits per heavy atom. The minimum absolute atomic E-state index is 0. The number of nitrogens with one attached hydrogen (secondary N) is 4. The van der Waals surface area contributed by atoms with Crippen molar-refractivity contribution in [1.29, 1.82) is 0 Å². The average Bonchev–Trinajstić information content (AvgIpc) is 2.79. The Labute approximate surface area is 207 Å². The van der Waals surface area contributed by atoms with Gasteiger partial charge in [-0.3, -0.25) is 14.6 Å². The van der Waals surface area contributed by atoms with Crippen molar-refractivity contribution in [2.75, 3.05) is 33.7 Å². The van der Waals surface area contributed by atoms with Crippen LogP contribution in [0.4, 0.5) is 13.2 Å². The summed E-state index contributed by atoms with van der Waals surface area (Å²) in [6.45, 7) is 1.21. The van der Waals surface area contributed by atoms with Crippen LogP contribution in [0.3, 0.4) is 0 Å². The summed E-state index contributed by atoms with van der Waals surface area (Å²) in [5.41, 5.74) is 0.944. The predicted octanol–water partition coefficient (Wildman–Crippen LogP) is 2.82. The number of alkyl halides is 3. The second-order valence-corrected chi connectivity index (χ2v) is 6.79. The van der Waals surface area contributed by atoms with Crippen LogP contribution in [0.5, 0.6) is 0 Å². The van der Waals surface area contributed by atoms with E-state index in [1.165, 1.54) is 0 Å². The first-order chi connectivity index (χ1) is 15.2. The van der Waals surface area contributed by atoms with E-state index in [1.54, 1.807) is 20.2 Å². The number of carbonyl (C=O) groups excluding carboxylic acids is 2. The molecule has 0 fully saturated rings. The summed E-state index contributed by atoms with van der Waals surface area (Å²) >= 11 is 0. The van der Waals surface area contributed by atoms with Crippen LogP contribution in [-0.2, 0) is 12.6 Å². The number of rotatable bonds is 8. The fourth-order valence-electron chi connectivity index (χ4n) is 2.83. The molecule has 4 N–H and O–H groups in total. The van der Waals surface area contributed by atoms with Crippen molar-refractivity contribution < 1.29 is 22.8 Å². The molecule has 0 heterocycles. The molecule has 0 saturated heterocycles. The smallest absolute Gasteiger partial charge is 0.356 e. The molecule has 2 aromatic carbocycles. The summed E-state index contributed by atoms with van der Waals surface area (Å²) in [5.74, 6) is -0.0636. The van der Waals surface area contributed by atoms with E-state index in [4.69, 9.17) is 0 Å². The van der Waals surface area contributed by atoms with Crippen LogP contribution in [-0.4, -0.2) is 51.5 Å². The van der Waals surface area contributed by atoms with Crippen LogP contribution in [0.2, 0.25) is 0 Å². The van der Waals surface area contributed by atoms with Crippen LogP contribution in [0, 0.1) is 0 Å². The molecule has 0 spiro atoms. The minimum Gasteiger partial charge on any atom is -0.356 e. The van der Waals surface area contributed by atoms with Crippen molar-refractivity contribution >= 4 is 41.8 Å². The predicted molar refractivity (Wildman–Crippen MR) is 132 cm³/mol. The number of aliphatic imine (C=N–C) groups is 1. The molecule has 0 aliphatic heterocycles. The third-order valence-corrected chi connectivity index (χ3v) is 4.52. The fourth-order valence-corrected chi connectivity index (χ4v) is 2.83. The van der Waals surface area contributed by atoms with Gasteiger partial charge in [-0.05, 0) is 48.4 Å². The van der Waals surface area contributed by atoms with E-state index in [0.717, 1.165) is 29.8 Å². The van der Waals surface area contributed by atoms with Gasteiger partial charge in [-0.2, -0.15) is 13.2 Å². The third kappa shape index (κ3) is 9.28. The van der Waals surface area contributed by atoms with Crippen molar-refractivity contribution in [2.45, 2.75) is 12.6 Å². The molecule has 2 rings (SSSR count). The molecule has 180 valence electrons. The summed E-state index contributed by atoms with van der Waals surface area (Å²) in [6.07, 6.45) is -3.76. The lowest BCUT2D eigenvalue weighted by atomic mass is 10.1. The highest BCUT2D eigenvalue weighted by molar-refractivity contribution is 14.0. The molecule has 2 aromatic rings. The Morgan fingerprint density at radius 3 is 2.12 bits per heavy atom. The van der Waals surface area contributed by atoms with Crippen LogP contribution >= 0.6 is 24.0 Å². The fraction of sp³-hybridized carbons (Fsp3) is 0.318. The van der Waals surface area contributed by atoms with Gasteiger partial charge in [0.25, 0.3) is 11.8 Å². The highest BCUT2D eigenvalue weighted by atomic mass is 127. The molecule has 0 aliphatic carbocycles. The van der Waals surface area contributed by atoms with E-state index < -0.39 is 17.6 Å². The lowest BCUT2D eigenvalue weighted by molar-refractivity contribution is -0.137. The molecule has 0 saturated carbocycles. The van der Waals surface area contributed by atoms with E-state index in [2.05, 4.69) is 26.3 Å². The quantitative estimate of drug-likeness (QED) is 0.168. The van der Waals surface area contributed by atoms with Gasteiger partial charge in [0.05, 0.1) is 5.56 Å². The number of nitrogens with zero attached hydrogens (tertiary/aromatic N) is 1. The maximum atomic E-state index is 12.6. The Kier molecular flexibility index (Phi) is 11.7. The number of guanidine groups is 1. The van der Waals surface area contributed by atoms with Crippen molar-refractivity contribution in [3.63, 3.8) is 0 Å². The molecular formula is C22H27F3IN5O2. The van der Waals surface area contributed by atoms with Crippen molar-refractivity contribution in [3.05, 3.63) is 70.8 Å². The SMILES string of the molecule is CN=C(NCCNC(=O)c1ccc(C(F)(F)F)cc1)NCCc1cccc(C(=O)NC)c1.I. The molecule has 0 bridgehead atoms. The largest absolute Gasteiger partial charge is 0.416 e. The lowest BCUT2D eigenvalue weighted by Gasteiger charge is -2.13.